The van der Waals surface area contributed by atoms with Crippen molar-refractivity contribution in [3.05, 3.63) is 60.4 Å². The lowest BCUT2D eigenvalue weighted by Crippen LogP contribution is -2.25. The molecule has 3 aromatic rings. The third kappa shape index (κ3) is 3.80. The number of thioether (sulfide) groups is 1. The predicted molar refractivity (Wildman–Crippen MR) is 112 cm³/mol. The highest BCUT2D eigenvalue weighted by Gasteiger charge is 2.31. The van der Waals surface area contributed by atoms with Crippen molar-refractivity contribution in [2.75, 3.05) is 12.3 Å². The van der Waals surface area contributed by atoms with E-state index in [0.29, 0.717) is 18.3 Å². The summed E-state index contributed by atoms with van der Waals surface area (Å²) in [6, 6.07) is 14.3. The molecule has 29 heavy (non-hydrogen) atoms. The summed E-state index contributed by atoms with van der Waals surface area (Å²) in [4.78, 5) is 16.8. The number of hydrogen-bond donors (Lipinski definition) is 0. The zero-order chi connectivity index (χ0) is 19.6. The number of benzene rings is 1. The zero-order valence-electron chi connectivity index (χ0n) is 15.8. The van der Waals surface area contributed by atoms with E-state index in [9.17, 15) is 4.79 Å². The van der Waals surface area contributed by atoms with Gasteiger partial charge in [0.1, 0.15) is 0 Å². The molecule has 8 heteroatoms. The van der Waals surface area contributed by atoms with Crippen LogP contribution in [0.4, 0.5) is 0 Å². The van der Waals surface area contributed by atoms with Gasteiger partial charge in [-0.15, -0.1) is 10.2 Å². The van der Waals surface area contributed by atoms with E-state index in [1.807, 2.05) is 42.5 Å². The Bertz CT molecular complexity index is 1050. The van der Waals surface area contributed by atoms with Gasteiger partial charge >= 0.3 is 0 Å². The molecule has 3 heterocycles. The second-order valence-corrected chi connectivity index (χ2v) is 8.05. The van der Waals surface area contributed by atoms with Crippen molar-refractivity contribution in [3.8, 4) is 11.4 Å². The van der Waals surface area contributed by atoms with Crippen LogP contribution in [0.3, 0.4) is 0 Å². The van der Waals surface area contributed by atoms with Crippen LogP contribution in [0.1, 0.15) is 30.9 Å². The van der Waals surface area contributed by atoms with E-state index in [0.717, 1.165) is 47.1 Å². The molecule has 0 radical (unpaired) electrons. The minimum absolute atomic E-state index is 0.00302. The number of pyridine rings is 1. The van der Waals surface area contributed by atoms with E-state index in [-0.39, 0.29) is 5.91 Å². The Hall–Kier alpha value is -3.00. The van der Waals surface area contributed by atoms with Crippen LogP contribution in [0.2, 0.25) is 0 Å². The van der Waals surface area contributed by atoms with Crippen molar-refractivity contribution in [2.45, 2.75) is 30.5 Å². The fourth-order valence-electron chi connectivity index (χ4n) is 3.41. The number of amides is 1. The summed E-state index contributed by atoms with van der Waals surface area (Å²) >= 11 is 1.44. The van der Waals surface area contributed by atoms with Crippen LogP contribution in [0.15, 0.2) is 65.1 Å². The van der Waals surface area contributed by atoms with Gasteiger partial charge in [0.05, 0.1) is 18.0 Å². The lowest BCUT2D eigenvalue weighted by molar-refractivity contribution is -0.127. The predicted octanol–water partition coefficient (Wildman–Crippen LogP) is 3.40. The Morgan fingerprint density at radius 3 is 2.59 bits per heavy atom. The van der Waals surface area contributed by atoms with E-state index in [4.69, 9.17) is 0 Å². The Morgan fingerprint density at radius 2 is 1.83 bits per heavy atom. The smallest absolute Gasteiger partial charge is 0.253 e. The van der Waals surface area contributed by atoms with Crippen LogP contribution in [-0.4, -0.2) is 48.7 Å². The van der Waals surface area contributed by atoms with Crippen molar-refractivity contribution in [3.63, 3.8) is 0 Å². The molecule has 5 rings (SSSR count). The molecule has 0 saturated heterocycles. The van der Waals surface area contributed by atoms with Crippen LogP contribution in [0.5, 0.6) is 0 Å². The third-order valence-electron chi connectivity index (χ3n) is 5.04. The summed E-state index contributed by atoms with van der Waals surface area (Å²) in [7, 11) is 0. The minimum atomic E-state index is -0.00302. The number of rotatable bonds is 6. The van der Waals surface area contributed by atoms with Gasteiger partial charge < -0.3 is 0 Å². The molecule has 1 aliphatic carbocycles. The summed E-state index contributed by atoms with van der Waals surface area (Å²) in [5, 5.41) is 15.7. The monoisotopic (exact) mass is 404 g/mol. The number of carbonyl (C=O) groups is 1. The first-order valence-electron chi connectivity index (χ1n) is 9.71. The first-order chi connectivity index (χ1) is 14.3. The second kappa shape index (κ2) is 7.79. The van der Waals surface area contributed by atoms with Crippen molar-refractivity contribution in [2.24, 2.45) is 5.10 Å². The summed E-state index contributed by atoms with van der Waals surface area (Å²) in [6.07, 6.45) is 6.54. The van der Waals surface area contributed by atoms with Crippen molar-refractivity contribution >= 4 is 23.4 Å². The third-order valence-corrected chi connectivity index (χ3v) is 5.96. The molecular weight excluding hydrogens is 384 g/mol. The highest BCUT2D eigenvalue weighted by Crippen LogP contribution is 2.41. The second-order valence-electron chi connectivity index (χ2n) is 7.11. The molecule has 1 saturated carbocycles. The zero-order valence-corrected chi connectivity index (χ0v) is 16.6. The molecule has 2 aliphatic rings. The Kier molecular flexibility index (Phi) is 4.85. The quantitative estimate of drug-likeness (QED) is 0.589. The topological polar surface area (TPSA) is 76.3 Å². The first-order valence-corrected chi connectivity index (χ1v) is 10.7. The van der Waals surface area contributed by atoms with Gasteiger partial charge in [-0.25, -0.2) is 5.01 Å². The number of hydrogen-bond acceptors (Lipinski definition) is 6. The van der Waals surface area contributed by atoms with Gasteiger partial charge in [0.15, 0.2) is 11.0 Å². The average Bonchev–Trinajstić information content (AvgIpc) is 3.33. The summed E-state index contributed by atoms with van der Waals surface area (Å²) in [5.74, 6) is 1.14. The van der Waals surface area contributed by atoms with E-state index in [1.54, 1.807) is 17.4 Å². The summed E-state index contributed by atoms with van der Waals surface area (Å²) in [6.45, 7) is 0.626. The molecule has 7 nitrogen and oxygen atoms in total. The van der Waals surface area contributed by atoms with Crippen LogP contribution >= 0.6 is 11.8 Å². The van der Waals surface area contributed by atoms with Gasteiger partial charge in [0.2, 0.25) is 0 Å². The molecule has 0 N–H and O–H groups in total. The molecule has 1 fully saturated rings. The fourth-order valence-corrected chi connectivity index (χ4v) is 4.28. The molecule has 0 unspecified atom stereocenters. The maximum absolute atomic E-state index is 12.7. The molecule has 0 atom stereocenters. The van der Waals surface area contributed by atoms with E-state index in [1.165, 1.54) is 11.8 Å². The maximum atomic E-state index is 12.7. The first kappa shape index (κ1) is 18.1. The van der Waals surface area contributed by atoms with Gasteiger partial charge in [0.25, 0.3) is 5.91 Å². The van der Waals surface area contributed by atoms with Crippen LogP contribution < -0.4 is 0 Å². The van der Waals surface area contributed by atoms with E-state index >= 15 is 0 Å². The molecule has 1 aliphatic heterocycles. The van der Waals surface area contributed by atoms with Gasteiger partial charge in [0, 0.05) is 30.4 Å². The van der Waals surface area contributed by atoms with Crippen LogP contribution in [-0.2, 0) is 4.79 Å². The van der Waals surface area contributed by atoms with Crippen molar-refractivity contribution < 1.29 is 4.79 Å². The molecule has 2 aromatic heterocycles. The molecule has 146 valence electrons. The molecule has 0 spiro atoms. The van der Waals surface area contributed by atoms with Crippen molar-refractivity contribution in [1.82, 2.24) is 24.8 Å². The largest absolute Gasteiger partial charge is 0.299 e. The normalized spacial score (nSPS) is 16.1. The number of hydrazone groups is 1. The number of nitrogens with zero attached hydrogens (tertiary/aromatic N) is 6. The van der Waals surface area contributed by atoms with E-state index in [2.05, 4.69) is 24.8 Å². The van der Waals surface area contributed by atoms with Crippen molar-refractivity contribution in [1.29, 1.82) is 0 Å². The Morgan fingerprint density at radius 1 is 1.03 bits per heavy atom. The number of carbonyl (C=O) groups excluding carboxylic acids is 1. The van der Waals surface area contributed by atoms with Gasteiger partial charge in [-0.05, 0) is 30.5 Å². The van der Waals surface area contributed by atoms with Gasteiger partial charge in [-0.1, -0.05) is 42.1 Å². The van der Waals surface area contributed by atoms with E-state index < -0.39 is 0 Å². The minimum Gasteiger partial charge on any atom is -0.299 e. The van der Waals surface area contributed by atoms with Gasteiger partial charge in [-0.2, -0.15) is 5.10 Å². The standard InChI is InChI=1S/C21H20N6OS/c28-19(26-13-10-18(25-26)15-4-2-1-3-5-15)14-29-21-24-23-20(27(21)17-6-7-17)16-8-11-22-12-9-16/h1-5,8-9,11-12,17H,6-7,10,13-14H2. The van der Waals surface area contributed by atoms with Crippen LogP contribution in [0, 0.1) is 0 Å². The highest BCUT2D eigenvalue weighted by atomic mass is 32.2. The average molecular weight is 404 g/mol. The fraction of sp³-hybridized carbons (Fsp3) is 0.286. The lowest BCUT2D eigenvalue weighted by atomic mass is 10.1. The summed E-state index contributed by atoms with van der Waals surface area (Å²) in [5.41, 5.74) is 3.03. The molecule has 1 amide bonds. The lowest BCUT2D eigenvalue weighted by Gasteiger charge is -2.12. The molecular formula is C21H20N6OS. The maximum Gasteiger partial charge on any atom is 0.253 e. The molecule has 1 aromatic carbocycles. The van der Waals surface area contributed by atoms with Crippen LogP contribution in [0.25, 0.3) is 11.4 Å². The number of aromatic nitrogens is 4. The highest BCUT2D eigenvalue weighted by molar-refractivity contribution is 7.99. The van der Waals surface area contributed by atoms with Gasteiger partial charge in [-0.3, -0.25) is 14.3 Å². The SMILES string of the molecule is O=C(CSc1nnc(-c2ccncc2)n1C1CC1)N1CCC(c2ccccc2)=N1. The Balaban J connectivity index is 1.29. The summed E-state index contributed by atoms with van der Waals surface area (Å²) < 4.78 is 2.16. The Labute approximate surface area is 172 Å². The molecule has 0 bridgehead atoms.